The van der Waals surface area contributed by atoms with Crippen molar-refractivity contribution in [3.05, 3.63) is 57.6 Å². The van der Waals surface area contributed by atoms with E-state index in [1.54, 1.807) is 23.1 Å². The highest BCUT2D eigenvalue weighted by atomic mass is 16.6. The molecule has 0 aliphatic heterocycles. The molecule has 0 saturated heterocycles. The monoisotopic (exact) mass is 403 g/mol. The fourth-order valence-electron chi connectivity index (χ4n) is 2.90. The van der Waals surface area contributed by atoms with Gasteiger partial charge in [0, 0.05) is 25.2 Å². The molecule has 0 spiro atoms. The summed E-state index contributed by atoms with van der Waals surface area (Å²) in [4.78, 5) is 25.0. The molecule has 9 heteroatoms. The van der Waals surface area contributed by atoms with Crippen LogP contribution in [-0.2, 0) is 6.54 Å². The summed E-state index contributed by atoms with van der Waals surface area (Å²) < 4.78 is 10.4. The van der Waals surface area contributed by atoms with Crippen molar-refractivity contribution >= 4 is 17.3 Å². The van der Waals surface area contributed by atoms with E-state index in [4.69, 9.17) is 9.47 Å². The second-order valence-electron chi connectivity index (χ2n) is 6.24. The average molecular weight is 403 g/mol. The molecule has 2 rings (SSSR count). The largest absolute Gasteiger partial charge is 0.493 e. The van der Waals surface area contributed by atoms with E-state index in [0.717, 1.165) is 12.0 Å². The molecule has 2 N–H and O–H groups in total. The first-order valence-electron chi connectivity index (χ1n) is 9.08. The van der Waals surface area contributed by atoms with Crippen LogP contribution in [0.1, 0.15) is 29.3 Å². The Labute approximate surface area is 169 Å². The highest BCUT2D eigenvalue weighted by Gasteiger charge is 2.20. The first-order chi connectivity index (χ1) is 13.9. The number of carbonyl (C=O) groups is 1. The Kier molecular flexibility index (Phi) is 7.79. The maximum absolute atomic E-state index is 12.8. The maximum Gasteiger partial charge on any atom is 0.270 e. The van der Waals surface area contributed by atoms with Crippen molar-refractivity contribution < 1.29 is 24.3 Å². The first kappa shape index (κ1) is 22.0. The van der Waals surface area contributed by atoms with E-state index in [2.05, 4.69) is 5.32 Å². The molecular formula is C20H25N3O6. The van der Waals surface area contributed by atoms with Crippen molar-refractivity contribution in [2.75, 3.05) is 32.4 Å². The number of ether oxygens (including phenoxy) is 2. The molecule has 0 heterocycles. The molecule has 0 aromatic heterocycles. The van der Waals surface area contributed by atoms with Crippen LogP contribution in [0, 0.1) is 10.1 Å². The number of nitrogens with one attached hydrogen (secondary N) is 1. The number of aliphatic hydroxyl groups excluding tert-OH is 1. The molecule has 0 atom stereocenters. The van der Waals surface area contributed by atoms with Gasteiger partial charge in [0.1, 0.15) is 6.73 Å². The van der Waals surface area contributed by atoms with E-state index in [1.807, 2.05) is 6.92 Å². The van der Waals surface area contributed by atoms with Gasteiger partial charge in [-0.2, -0.15) is 0 Å². The zero-order chi connectivity index (χ0) is 21.4. The second kappa shape index (κ2) is 10.3. The predicted molar refractivity (Wildman–Crippen MR) is 109 cm³/mol. The Hall–Kier alpha value is -3.33. The number of nitro groups is 1. The summed E-state index contributed by atoms with van der Waals surface area (Å²) in [5, 5.41) is 23.6. The number of amides is 1. The van der Waals surface area contributed by atoms with Crippen LogP contribution in [0.4, 0.5) is 11.4 Å². The van der Waals surface area contributed by atoms with E-state index in [9.17, 15) is 20.0 Å². The number of hydrogen-bond acceptors (Lipinski definition) is 7. The molecule has 0 saturated carbocycles. The molecule has 1 amide bonds. The van der Waals surface area contributed by atoms with Crippen molar-refractivity contribution in [2.45, 2.75) is 19.9 Å². The fraction of sp³-hybridized carbons (Fsp3) is 0.350. The molecule has 0 bridgehead atoms. The van der Waals surface area contributed by atoms with Crippen LogP contribution in [0.3, 0.4) is 0 Å². The van der Waals surface area contributed by atoms with Crippen molar-refractivity contribution in [2.24, 2.45) is 0 Å². The standard InChI is InChI=1S/C20H25N3O6/c1-4-9-22(13-24)17-7-6-15(23(26)27)11-16(17)20(25)21-12-14-5-8-18(28-2)19(10-14)29-3/h5-8,10-11,24H,4,9,12-13H2,1-3H3,(H,21,25). The minimum atomic E-state index is -0.558. The Bertz CT molecular complexity index is 871. The van der Waals surface area contributed by atoms with Crippen LogP contribution in [0.25, 0.3) is 0 Å². The lowest BCUT2D eigenvalue weighted by atomic mass is 10.1. The van der Waals surface area contributed by atoms with E-state index in [1.165, 1.54) is 32.4 Å². The van der Waals surface area contributed by atoms with Gasteiger partial charge in [0.05, 0.1) is 30.4 Å². The summed E-state index contributed by atoms with van der Waals surface area (Å²) >= 11 is 0. The number of methoxy groups -OCH3 is 2. The summed E-state index contributed by atoms with van der Waals surface area (Å²) in [5.74, 6) is 0.624. The van der Waals surface area contributed by atoms with Gasteiger partial charge in [-0.25, -0.2) is 0 Å². The smallest absolute Gasteiger partial charge is 0.270 e. The summed E-state index contributed by atoms with van der Waals surface area (Å²) in [7, 11) is 3.05. The third-order valence-corrected chi connectivity index (χ3v) is 4.34. The number of anilines is 1. The van der Waals surface area contributed by atoms with Gasteiger partial charge in [0.15, 0.2) is 11.5 Å². The van der Waals surface area contributed by atoms with Crippen molar-refractivity contribution in [3.63, 3.8) is 0 Å². The fourth-order valence-corrected chi connectivity index (χ4v) is 2.90. The molecule has 0 radical (unpaired) electrons. The Morgan fingerprint density at radius 2 is 1.90 bits per heavy atom. The van der Waals surface area contributed by atoms with Gasteiger partial charge in [-0.05, 0) is 30.2 Å². The first-order valence-corrected chi connectivity index (χ1v) is 9.08. The highest BCUT2D eigenvalue weighted by molar-refractivity contribution is 6.00. The van der Waals surface area contributed by atoms with E-state index < -0.39 is 10.8 Å². The van der Waals surface area contributed by atoms with Gasteiger partial charge in [-0.3, -0.25) is 14.9 Å². The Balaban J connectivity index is 2.28. The number of nitrogens with zero attached hydrogens (tertiary/aromatic N) is 2. The zero-order valence-corrected chi connectivity index (χ0v) is 16.7. The summed E-state index contributed by atoms with van der Waals surface area (Å²) in [5.41, 5.74) is 1.14. The normalized spacial score (nSPS) is 10.3. The Morgan fingerprint density at radius 1 is 1.17 bits per heavy atom. The molecule has 156 valence electrons. The molecule has 0 aliphatic carbocycles. The van der Waals surface area contributed by atoms with Gasteiger partial charge in [0.25, 0.3) is 11.6 Å². The van der Waals surface area contributed by atoms with Gasteiger partial charge in [-0.1, -0.05) is 13.0 Å². The SMILES string of the molecule is CCCN(CO)c1ccc([N+](=O)[O-])cc1C(=O)NCc1ccc(OC)c(OC)c1. The lowest BCUT2D eigenvalue weighted by Crippen LogP contribution is -2.30. The maximum atomic E-state index is 12.8. The highest BCUT2D eigenvalue weighted by Crippen LogP contribution is 2.28. The predicted octanol–water partition coefficient (Wildman–Crippen LogP) is 2.71. The van der Waals surface area contributed by atoms with Crippen LogP contribution in [0.15, 0.2) is 36.4 Å². The van der Waals surface area contributed by atoms with E-state index in [-0.39, 0.29) is 24.5 Å². The molecule has 9 nitrogen and oxygen atoms in total. The van der Waals surface area contributed by atoms with Crippen LogP contribution in [-0.4, -0.2) is 43.4 Å². The molecule has 0 fully saturated rings. The average Bonchev–Trinajstić information content (AvgIpc) is 2.75. The lowest BCUT2D eigenvalue weighted by molar-refractivity contribution is -0.384. The quantitative estimate of drug-likeness (QED) is 0.356. The van der Waals surface area contributed by atoms with Crippen LogP contribution in [0.5, 0.6) is 11.5 Å². The Morgan fingerprint density at radius 3 is 2.48 bits per heavy atom. The summed E-state index contributed by atoms with van der Waals surface area (Å²) in [6, 6.07) is 9.28. The topological polar surface area (TPSA) is 114 Å². The number of hydrogen-bond donors (Lipinski definition) is 2. The number of carbonyl (C=O) groups excluding carboxylic acids is 1. The summed E-state index contributed by atoms with van der Waals surface area (Å²) in [6.45, 7) is 2.32. The number of nitro benzene ring substituents is 1. The minimum Gasteiger partial charge on any atom is -0.493 e. The minimum absolute atomic E-state index is 0.127. The molecule has 0 aliphatic rings. The molecule has 0 unspecified atom stereocenters. The van der Waals surface area contributed by atoms with Gasteiger partial charge in [-0.15, -0.1) is 0 Å². The molecule has 2 aromatic rings. The van der Waals surface area contributed by atoms with Gasteiger partial charge in [0.2, 0.25) is 0 Å². The number of rotatable bonds is 10. The number of aliphatic hydroxyl groups is 1. The third-order valence-electron chi connectivity index (χ3n) is 4.34. The van der Waals surface area contributed by atoms with Gasteiger partial charge < -0.3 is 24.8 Å². The third kappa shape index (κ3) is 5.35. The second-order valence-corrected chi connectivity index (χ2v) is 6.24. The summed E-state index contributed by atoms with van der Waals surface area (Å²) in [6.07, 6.45) is 0.740. The lowest BCUT2D eigenvalue weighted by Gasteiger charge is -2.23. The van der Waals surface area contributed by atoms with Crippen molar-refractivity contribution in [1.82, 2.24) is 5.32 Å². The number of benzene rings is 2. The number of non-ortho nitro benzene ring substituents is 1. The van der Waals surface area contributed by atoms with Crippen molar-refractivity contribution in [3.8, 4) is 11.5 Å². The van der Waals surface area contributed by atoms with Crippen LogP contribution < -0.4 is 19.7 Å². The van der Waals surface area contributed by atoms with Crippen molar-refractivity contribution in [1.29, 1.82) is 0 Å². The molecular weight excluding hydrogens is 378 g/mol. The molecule has 2 aromatic carbocycles. The van der Waals surface area contributed by atoms with Crippen LogP contribution >= 0.6 is 0 Å². The van der Waals surface area contributed by atoms with E-state index >= 15 is 0 Å². The van der Waals surface area contributed by atoms with Crippen LogP contribution in [0.2, 0.25) is 0 Å². The molecule has 29 heavy (non-hydrogen) atoms. The zero-order valence-electron chi connectivity index (χ0n) is 16.7. The van der Waals surface area contributed by atoms with E-state index in [0.29, 0.717) is 23.7 Å². The van der Waals surface area contributed by atoms with Gasteiger partial charge >= 0.3 is 0 Å².